The van der Waals surface area contributed by atoms with Crippen LogP contribution in [-0.4, -0.2) is 30.6 Å². The number of alkyl halides is 3. The highest BCUT2D eigenvalue weighted by molar-refractivity contribution is 7.17. The monoisotopic (exact) mass is 478 g/mol. The fraction of sp³-hybridized carbons (Fsp3) is 0.261. The van der Waals surface area contributed by atoms with Gasteiger partial charge in [0.1, 0.15) is 15.6 Å². The van der Waals surface area contributed by atoms with Crippen LogP contribution in [-0.2, 0) is 15.7 Å². The van der Waals surface area contributed by atoms with Gasteiger partial charge in [0.2, 0.25) is 0 Å². The molecular weight excluding hydrogens is 457 g/mol. The largest absolute Gasteiger partial charge is 0.496 e. The molecule has 1 N–H and O–H groups in total. The predicted molar refractivity (Wildman–Crippen MR) is 117 cm³/mol. The third kappa shape index (κ3) is 5.89. The van der Waals surface area contributed by atoms with Crippen LogP contribution in [0.3, 0.4) is 0 Å². The molecule has 1 atom stereocenters. The summed E-state index contributed by atoms with van der Waals surface area (Å²) in [6.07, 6.45) is -4.43. The molecule has 0 bridgehead atoms. The highest BCUT2D eigenvalue weighted by Gasteiger charge is 2.30. The van der Waals surface area contributed by atoms with E-state index in [1.54, 1.807) is 19.9 Å². The molecule has 0 aliphatic carbocycles. The zero-order chi connectivity index (χ0) is 24.2. The Kier molecular flexibility index (Phi) is 7.37. The van der Waals surface area contributed by atoms with Crippen molar-refractivity contribution < 1.29 is 32.2 Å². The summed E-state index contributed by atoms with van der Waals surface area (Å²) >= 11 is 0.986. The molecule has 0 spiro atoms. The molecule has 0 aliphatic rings. The van der Waals surface area contributed by atoms with E-state index in [2.05, 4.69) is 10.3 Å². The molecule has 33 heavy (non-hydrogen) atoms. The van der Waals surface area contributed by atoms with Crippen LogP contribution in [0.5, 0.6) is 5.75 Å². The Balaban J connectivity index is 1.62. The SMILES string of the molecule is COc1ccccc1C(C)NC(=O)COC(=O)c1sc(-c2ccc(C(F)(F)F)cc2)nc1C. The van der Waals surface area contributed by atoms with Crippen molar-refractivity contribution in [3.63, 3.8) is 0 Å². The van der Waals surface area contributed by atoms with E-state index in [1.807, 2.05) is 18.2 Å². The molecule has 1 amide bonds. The molecule has 0 radical (unpaired) electrons. The number of esters is 1. The molecule has 6 nitrogen and oxygen atoms in total. The molecule has 3 aromatic rings. The molecule has 10 heteroatoms. The summed E-state index contributed by atoms with van der Waals surface area (Å²) in [7, 11) is 1.53. The summed E-state index contributed by atoms with van der Waals surface area (Å²) in [6.45, 7) is 2.87. The van der Waals surface area contributed by atoms with E-state index < -0.39 is 30.2 Å². The van der Waals surface area contributed by atoms with Crippen LogP contribution in [0.2, 0.25) is 0 Å². The van der Waals surface area contributed by atoms with Crippen LogP contribution in [0.1, 0.15) is 39.5 Å². The number of carbonyl (C=O) groups is 2. The first-order valence-corrected chi connectivity index (χ1v) is 10.7. The van der Waals surface area contributed by atoms with Gasteiger partial charge < -0.3 is 14.8 Å². The number of rotatable bonds is 7. The second-order valence-corrected chi connectivity index (χ2v) is 8.12. The Morgan fingerprint density at radius 1 is 1.12 bits per heavy atom. The van der Waals surface area contributed by atoms with Gasteiger partial charge in [-0.25, -0.2) is 9.78 Å². The summed E-state index contributed by atoms with van der Waals surface area (Å²) in [5.74, 6) is -0.603. The molecular formula is C23H21F3N2O4S. The third-order valence-electron chi connectivity index (χ3n) is 4.76. The minimum atomic E-state index is -4.43. The smallest absolute Gasteiger partial charge is 0.416 e. The van der Waals surface area contributed by atoms with Gasteiger partial charge >= 0.3 is 12.1 Å². The average molecular weight is 478 g/mol. The number of hydrogen-bond donors (Lipinski definition) is 1. The normalized spacial score (nSPS) is 12.2. The van der Waals surface area contributed by atoms with Gasteiger partial charge in [-0.15, -0.1) is 11.3 Å². The number of methoxy groups -OCH3 is 1. The van der Waals surface area contributed by atoms with Crippen molar-refractivity contribution in [2.75, 3.05) is 13.7 Å². The second-order valence-electron chi connectivity index (χ2n) is 7.12. The highest BCUT2D eigenvalue weighted by Crippen LogP contribution is 2.33. The van der Waals surface area contributed by atoms with E-state index in [0.717, 1.165) is 29.0 Å². The number of nitrogens with zero attached hydrogens (tertiary/aromatic N) is 1. The van der Waals surface area contributed by atoms with E-state index in [-0.39, 0.29) is 10.9 Å². The van der Waals surface area contributed by atoms with Crippen molar-refractivity contribution in [2.24, 2.45) is 0 Å². The summed E-state index contributed by atoms with van der Waals surface area (Å²) < 4.78 is 48.6. The molecule has 174 valence electrons. The lowest BCUT2D eigenvalue weighted by Gasteiger charge is -2.17. The summed E-state index contributed by atoms with van der Waals surface area (Å²) in [5, 5.41) is 3.12. The highest BCUT2D eigenvalue weighted by atomic mass is 32.1. The molecule has 1 heterocycles. The maximum atomic E-state index is 12.7. The predicted octanol–water partition coefficient (Wildman–Crippen LogP) is 5.18. The summed E-state index contributed by atoms with van der Waals surface area (Å²) in [4.78, 5) is 29.1. The molecule has 0 aliphatic heterocycles. The van der Waals surface area contributed by atoms with Gasteiger partial charge in [0.15, 0.2) is 6.61 Å². The third-order valence-corrected chi connectivity index (χ3v) is 5.94. The molecule has 0 fully saturated rings. The van der Waals surface area contributed by atoms with Crippen LogP contribution in [0.25, 0.3) is 10.6 Å². The first kappa shape index (κ1) is 24.2. The minimum Gasteiger partial charge on any atom is -0.496 e. The van der Waals surface area contributed by atoms with Crippen LogP contribution < -0.4 is 10.1 Å². The number of nitrogens with one attached hydrogen (secondary N) is 1. The fourth-order valence-electron chi connectivity index (χ4n) is 3.09. The number of thiazole rings is 1. The van der Waals surface area contributed by atoms with Crippen molar-refractivity contribution in [3.05, 3.63) is 70.2 Å². The Labute approximate surface area is 192 Å². The van der Waals surface area contributed by atoms with Crippen LogP contribution in [0, 0.1) is 6.92 Å². The van der Waals surface area contributed by atoms with Gasteiger partial charge in [0.25, 0.3) is 5.91 Å². The first-order valence-electron chi connectivity index (χ1n) is 9.84. The fourth-order valence-corrected chi connectivity index (χ4v) is 4.06. The number of carbonyl (C=O) groups excluding carboxylic acids is 2. The van der Waals surface area contributed by atoms with Gasteiger partial charge in [-0.1, -0.05) is 30.3 Å². The van der Waals surface area contributed by atoms with Crippen LogP contribution in [0.15, 0.2) is 48.5 Å². The van der Waals surface area contributed by atoms with E-state index in [9.17, 15) is 22.8 Å². The number of halogens is 3. The van der Waals surface area contributed by atoms with Crippen molar-refractivity contribution in [1.82, 2.24) is 10.3 Å². The van der Waals surface area contributed by atoms with Crippen molar-refractivity contribution in [3.8, 4) is 16.3 Å². The first-order chi connectivity index (χ1) is 15.6. The number of benzene rings is 2. The lowest BCUT2D eigenvalue weighted by atomic mass is 10.1. The van der Waals surface area contributed by atoms with E-state index in [4.69, 9.17) is 9.47 Å². The zero-order valence-corrected chi connectivity index (χ0v) is 18.8. The quantitative estimate of drug-likeness (QED) is 0.474. The number of aryl methyl sites for hydroxylation is 1. The molecule has 2 aromatic carbocycles. The molecule has 3 rings (SSSR count). The maximum Gasteiger partial charge on any atom is 0.416 e. The second kappa shape index (κ2) is 10.0. The summed E-state index contributed by atoms with van der Waals surface area (Å²) in [6, 6.07) is 11.4. The Morgan fingerprint density at radius 3 is 2.42 bits per heavy atom. The van der Waals surface area contributed by atoms with E-state index in [1.165, 1.54) is 19.2 Å². The number of hydrogen-bond acceptors (Lipinski definition) is 6. The Morgan fingerprint density at radius 2 is 1.79 bits per heavy atom. The Hall–Kier alpha value is -3.40. The Bertz CT molecular complexity index is 1140. The van der Waals surface area contributed by atoms with Gasteiger partial charge in [-0.05, 0) is 32.0 Å². The molecule has 1 unspecified atom stereocenters. The lowest BCUT2D eigenvalue weighted by molar-refractivity contribution is -0.137. The van der Waals surface area contributed by atoms with Crippen molar-refractivity contribution >= 4 is 23.2 Å². The van der Waals surface area contributed by atoms with Gasteiger partial charge in [0, 0.05) is 11.1 Å². The van der Waals surface area contributed by atoms with E-state index >= 15 is 0 Å². The lowest BCUT2D eigenvalue weighted by Crippen LogP contribution is -2.31. The standard InChI is InChI=1S/C23H21F3N2O4S/c1-13(17-6-4-5-7-18(17)31-3)27-19(29)12-32-22(30)20-14(2)28-21(33-20)15-8-10-16(11-9-15)23(24,25)26/h4-11,13H,12H2,1-3H3,(H,27,29). The zero-order valence-electron chi connectivity index (χ0n) is 18.0. The van der Waals surface area contributed by atoms with Crippen molar-refractivity contribution in [2.45, 2.75) is 26.1 Å². The average Bonchev–Trinajstić information content (AvgIpc) is 3.18. The van der Waals surface area contributed by atoms with Gasteiger partial charge in [0.05, 0.1) is 24.4 Å². The van der Waals surface area contributed by atoms with E-state index in [0.29, 0.717) is 22.0 Å². The number of ether oxygens (including phenoxy) is 2. The van der Waals surface area contributed by atoms with Crippen molar-refractivity contribution in [1.29, 1.82) is 0 Å². The number of para-hydroxylation sites is 1. The van der Waals surface area contributed by atoms with Gasteiger partial charge in [-0.2, -0.15) is 13.2 Å². The number of aromatic nitrogens is 1. The molecule has 0 saturated carbocycles. The van der Waals surface area contributed by atoms with Crippen LogP contribution >= 0.6 is 11.3 Å². The molecule has 0 saturated heterocycles. The summed E-state index contributed by atoms with van der Waals surface area (Å²) in [5.41, 5.74) is 0.813. The maximum absolute atomic E-state index is 12.7. The minimum absolute atomic E-state index is 0.176. The molecule has 1 aromatic heterocycles. The number of amides is 1. The topological polar surface area (TPSA) is 77.5 Å². The van der Waals surface area contributed by atoms with Crippen LogP contribution in [0.4, 0.5) is 13.2 Å². The van der Waals surface area contributed by atoms with Gasteiger partial charge in [-0.3, -0.25) is 4.79 Å².